The Bertz CT molecular complexity index is 348. The molecule has 0 aromatic carbocycles. The lowest BCUT2D eigenvalue weighted by Crippen LogP contribution is -2.29. The molecule has 0 aliphatic heterocycles. The van der Waals surface area contributed by atoms with Crippen LogP contribution in [-0.4, -0.2) is 56.0 Å². The summed E-state index contributed by atoms with van der Waals surface area (Å²) in [6, 6.07) is 0. The van der Waals surface area contributed by atoms with Crippen molar-refractivity contribution in [1.82, 2.24) is 0 Å². The predicted molar refractivity (Wildman–Crippen MR) is 125 cm³/mol. The first-order chi connectivity index (χ1) is 14.7. The van der Waals surface area contributed by atoms with Gasteiger partial charge in [0.05, 0.1) is 26.1 Å². The molecule has 0 fully saturated rings. The van der Waals surface area contributed by atoms with Crippen LogP contribution in [0.15, 0.2) is 12.3 Å². The zero-order valence-electron chi connectivity index (χ0n) is 19.9. The number of allylic oxidation sites excluding steroid dienone is 1. The first-order valence-electron chi connectivity index (χ1n) is 12.4. The average Bonchev–Trinajstić information content (AvgIpc) is 2.75. The van der Waals surface area contributed by atoms with E-state index in [-0.39, 0.29) is 19.8 Å². The Morgan fingerprint density at radius 3 is 1.77 bits per heavy atom. The van der Waals surface area contributed by atoms with Crippen LogP contribution >= 0.6 is 0 Å². The summed E-state index contributed by atoms with van der Waals surface area (Å²) in [7, 11) is 1.55. The van der Waals surface area contributed by atoms with Crippen molar-refractivity contribution in [3.63, 3.8) is 0 Å². The van der Waals surface area contributed by atoms with Crippen LogP contribution in [0.5, 0.6) is 0 Å². The van der Waals surface area contributed by atoms with Gasteiger partial charge in [-0.25, -0.2) is 0 Å². The molecule has 0 amide bonds. The minimum absolute atomic E-state index is 0.124. The number of hydrogen-bond donors (Lipinski definition) is 2. The Labute approximate surface area is 186 Å². The maximum atomic E-state index is 9.79. The topological polar surface area (TPSA) is 68.2 Å². The summed E-state index contributed by atoms with van der Waals surface area (Å²) >= 11 is 0. The fourth-order valence-corrected chi connectivity index (χ4v) is 3.39. The third-order valence-corrected chi connectivity index (χ3v) is 5.29. The summed E-state index contributed by atoms with van der Waals surface area (Å²) in [6.45, 7) is 2.78. The van der Waals surface area contributed by atoms with E-state index in [0.717, 1.165) is 6.42 Å². The standard InChI is InChI=1S/C25H50O5/c1-3-4-5-6-7-8-9-10-11-12-13-14-15-16-17-18-19-29-21-24(27)22-30-25(20-26)23-28-2/h18-19,24-27H,3-17,20-23H2,1-2H3. The molecular weight excluding hydrogens is 380 g/mol. The Morgan fingerprint density at radius 2 is 1.27 bits per heavy atom. The number of aliphatic hydroxyl groups excluding tert-OH is 2. The van der Waals surface area contributed by atoms with Crippen molar-refractivity contribution < 1.29 is 24.4 Å². The highest BCUT2D eigenvalue weighted by Gasteiger charge is 2.11. The van der Waals surface area contributed by atoms with E-state index in [1.54, 1.807) is 13.4 Å². The number of aliphatic hydroxyl groups is 2. The maximum Gasteiger partial charge on any atom is 0.115 e. The highest BCUT2D eigenvalue weighted by molar-refractivity contribution is 4.74. The SMILES string of the molecule is CCCCCCCCCCCCCCCCC=COCC(O)COC(CO)COC. The number of unbranched alkanes of at least 4 members (excludes halogenated alkanes) is 14. The Kier molecular flexibility index (Phi) is 24.1. The van der Waals surface area contributed by atoms with Crippen molar-refractivity contribution in [2.75, 3.05) is 33.5 Å². The van der Waals surface area contributed by atoms with Gasteiger partial charge in [0.2, 0.25) is 0 Å². The van der Waals surface area contributed by atoms with Gasteiger partial charge in [-0.15, -0.1) is 0 Å². The molecule has 0 bridgehead atoms. The van der Waals surface area contributed by atoms with Crippen molar-refractivity contribution in [2.45, 2.75) is 115 Å². The van der Waals surface area contributed by atoms with Gasteiger partial charge in [0.25, 0.3) is 0 Å². The molecule has 5 nitrogen and oxygen atoms in total. The van der Waals surface area contributed by atoms with E-state index in [0.29, 0.717) is 6.61 Å². The zero-order chi connectivity index (χ0) is 22.1. The molecule has 0 rings (SSSR count). The van der Waals surface area contributed by atoms with Gasteiger partial charge in [0, 0.05) is 7.11 Å². The summed E-state index contributed by atoms with van der Waals surface area (Å²) in [5, 5.41) is 18.9. The molecule has 180 valence electrons. The molecule has 0 saturated carbocycles. The molecule has 0 heterocycles. The lowest BCUT2D eigenvalue weighted by Gasteiger charge is -2.17. The smallest absolute Gasteiger partial charge is 0.115 e. The van der Waals surface area contributed by atoms with Crippen LogP contribution in [-0.2, 0) is 14.2 Å². The molecule has 0 saturated heterocycles. The van der Waals surface area contributed by atoms with E-state index in [1.807, 2.05) is 6.08 Å². The number of methoxy groups -OCH3 is 1. The molecule has 0 aliphatic carbocycles. The van der Waals surface area contributed by atoms with Crippen molar-refractivity contribution in [3.8, 4) is 0 Å². The van der Waals surface area contributed by atoms with Gasteiger partial charge in [-0.2, -0.15) is 0 Å². The molecule has 5 heteroatoms. The highest BCUT2D eigenvalue weighted by Crippen LogP contribution is 2.13. The fraction of sp³-hybridized carbons (Fsp3) is 0.920. The minimum Gasteiger partial charge on any atom is -0.499 e. The van der Waals surface area contributed by atoms with E-state index < -0.39 is 12.2 Å². The van der Waals surface area contributed by atoms with E-state index in [4.69, 9.17) is 19.3 Å². The zero-order valence-corrected chi connectivity index (χ0v) is 19.9. The first kappa shape index (κ1) is 29.4. The van der Waals surface area contributed by atoms with E-state index in [2.05, 4.69) is 6.92 Å². The molecular formula is C25H50O5. The monoisotopic (exact) mass is 430 g/mol. The molecule has 2 atom stereocenters. The van der Waals surface area contributed by atoms with Gasteiger partial charge in [0.15, 0.2) is 0 Å². The molecule has 30 heavy (non-hydrogen) atoms. The third kappa shape index (κ3) is 22.1. The molecule has 0 aliphatic rings. The molecule has 0 aromatic rings. The average molecular weight is 431 g/mol. The van der Waals surface area contributed by atoms with Gasteiger partial charge >= 0.3 is 0 Å². The molecule has 0 radical (unpaired) electrons. The Hall–Kier alpha value is -0.620. The number of rotatable bonds is 24. The summed E-state index contributed by atoms with van der Waals surface area (Å²) in [6.07, 6.45) is 22.9. The van der Waals surface area contributed by atoms with E-state index in [1.165, 1.54) is 89.9 Å². The minimum atomic E-state index is -0.707. The van der Waals surface area contributed by atoms with Crippen LogP contribution < -0.4 is 0 Å². The second kappa shape index (κ2) is 24.6. The summed E-state index contributed by atoms with van der Waals surface area (Å²) in [4.78, 5) is 0. The maximum absolute atomic E-state index is 9.79. The van der Waals surface area contributed by atoms with Gasteiger partial charge in [0.1, 0.15) is 18.8 Å². The largest absolute Gasteiger partial charge is 0.499 e. The lowest BCUT2D eigenvalue weighted by atomic mass is 10.0. The van der Waals surface area contributed by atoms with Crippen LogP contribution in [0.2, 0.25) is 0 Å². The van der Waals surface area contributed by atoms with Crippen LogP contribution in [0.1, 0.15) is 103 Å². The van der Waals surface area contributed by atoms with Crippen molar-refractivity contribution in [1.29, 1.82) is 0 Å². The molecule has 2 N–H and O–H groups in total. The van der Waals surface area contributed by atoms with Crippen LogP contribution in [0.4, 0.5) is 0 Å². The van der Waals surface area contributed by atoms with Crippen molar-refractivity contribution in [2.24, 2.45) is 0 Å². The van der Waals surface area contributed by atoms with E-state index >= 15 is 0 Å². The van der Waals surface area contributed by atoms with Crippen molar-refractivity contribution in [3.05, 3.63) is 12.3 Å². The molecule has 0 spiro atoms. The van der Waals surface area contributed by atoms with Crippen LogP contribution in [0.25, 0.3) is 0 Å². The number of ether oxygens (including phenoxy) is 3. The van der Waals surface area contributed by atoms with Gasteiger partial charge in [-0.05, 0) is 18.9 Å². The summed E-state index contributed by atoms with van der Waals surface area (Å²) in [5.74, 6) is 0. The highest BCUT2D eigenvalue weighted by atomic mass is 16.5. The molecule has 2 unspecified atom stereocenters. The summed E-state index contributed by atoms with van der Waals surface area (Å²) < 4.78 is 15.6. The van der Waals surface area contributed by atoms with E-state index in [9.17, 15) is 5.11 Å². The fourth-order valence-electron chi connectivity index (χ4n) is 3.39. The van der Waals surface area contributed by atoms with Gasteiger partial charge in [-0.1, -0.05) is 90.4 Å². The van der Waals surface area contributed by atoms with Gasteiger partial charge in [-0.3, -0.25) is 0 Å². The first-order valence-corrected chi connectivity index (χ1v) is 12.4. The Balaban J connectivity index is 3.28. The van der Waals surface area contributed by atoms with Crippen LogP contribution in [0, 0.1) is 0 Å². The second-order valence-corrected chi connectivity index (χ2v) is 8.34. The van der Waals surface area contributed by atoms with Gasteiger partial charge < -0.3 is 24.4 Å². The third-order valence-electron chi connectivity index (χ3n) is 5.29. The van der Waals surface area contributed by atoms with Crippen LogP contribution in [0.3, 0.4) is 0 Å². The normalized spacial score (nSPS) is 13.7. The van der Waals surface area contributed by atoms with Crippen molar-refractivity contribution >= 4 is 0 Å². The quantitative estimate of drug-likeness (QED) is 0.150. The Morgan fingerprint density at radius 1 is 0.733 bits per heavy atom. The molecule has 0 aromatic heterocycles. The second-order valence-electron chi connectivity index (χ2n) is 8.34. The lowest BCUT2D eigenvalue weighted by molar-refractivity contribution is -0.0708. The number of hydrogen-bond acceptors (Lipinski definition) is 5. The predicted octanol–water partition coefficient (Wildman–Crippen LogP) is 5.77. The summed E-state index contributed by atoms with van der Waals surface area (Å²) in [5.41, 5.74) is 0.